The maximum atomic E-state index is 11.8. The lowest BCUT2D eigenvalue weighted by atomic mass is 10.1. The molecule has 2 atom stereocenters. The van der Waals surface area contributed by atoms with Crippen LogP contribution in [-0.2, 0) is 9.53 Å². The van der Waals surface area contributed by atoms with Crippen LogP contribution in [0.15, 0.2) is 0 Å². The second kappa shape index (κ2) is 9.77. The third kappa shape index (κ3) is 6.27. The normalized spacial score (nSPS) is 27.2. The molecule has 1 aliphatic carbocycles. The Morgan fingerprint density at radius 3 is 2.53 bits per heavy atom. The van der Waals surface area contributed by atoms with E-state index in [-0.39, 0.29) is 42.7 Å². The van der Waals surface area contributed by atoms with E-state index >= 15 is 0 Å². The quantitative estimate of drug-likeness (QED) is 0.788. The Balaban J connectivity index is 0.00000162. The van der Waals surface area contributed by atoms with Gasteiger partial charge in [0.05, 0.1) is 13.2 Å². The maximum Gasteiger partial charge on any atom is 0.223 e. The molecule has 114 valence electrons. The van der Waals surface area contributed by atoms with Gasteiger partial charge in [-0.15, -0.1) is 24.8 Å². The van der Waals surface area contributed by atoms with E-state index in [4.69, 9.17) is 10.5 Å². The van der Waals surface area contributed by atoms with Gasteiger partial charge in [-0.05, 0) is 19.3 Å². The smallest absolute Gasteiger partial charge is 0.223 e. The van der Waals surface area contributed by atoms with E-state index in [0.717, 1.165) is 58.7 Å². The fraction of sp³-hybridized carbons (Fsp3) is 0.917. The Hall–Kier alpha value is -0.0700. The molecule has 0 spiro atoms. The Bertz CT molecular complexity index is 263. The molecule has 2 rings (SSSR count). The molecule has 0 bridgehead atoms. The summed E-state index contributed by atoms with van der Waals surface area (Å²) in [6.45, 7) is 5.24. The number of nitrogens with one attached hydrogen (secondary N) is 1. The number of hydrogen-bond acceptors (Lipinski definition) is 4. The number of carbonyl (C=O) groups is 1. The highest BCUT2D eigenvalue weighted by atomic mass is 35.5. The minimum absolute atomic E-state index is 0. The molecular formula is C12H25Cl2N3O2. The number of hydrogen-bond donors (Lipinski definition) is 2. The first-order valence-corrected chi connectivity index (χ1v) is 6.59. The molecule has 1 amide bonds. The minimum atomic E-state index is 0. The van der Waals surface area contributed by atoms with Gasteiger partial charge in [0, 0.05) is 38.1 Å². The predicted octanol–water partition coefficient (Wildman–Crippen LogP) is 0.406. The van der Waals surface area contributed by atoms with Crippen molar-refractivity contribution in [3.05, 3.63) is 0 Å². The number of rotatable bonds is 4. The fourth-order valence-corrected chi connectivity index (χ4v) is 2.56. The van der Waals surface area contributed by atoms with Crippen LogP contribution in [-0.4, -0.2) is 56.2 Å². The van der Waals surface area contributed by atoms with Crippen LogP contribution in [0.3, 0.4) is 0 Å². The molecule has 1 saturated heterocycles. The number of ether oxygens (including phenoxy) is 1. The van der Waals surface area contributed by atoms with Gasteiger partial charge in [0.25, 0.3) is 0 Å². The first kappa shape index (κ1) is 18.9. The highest BCUT2D eigenvalue weighted by Crippen LogP contribution is 2.23. The average Bonchev–Trinajstić information content (AvgIpc) is 2.77. The van der Waals surface area contributed by atoms with Crippen molar-refractivity contribution in [2.75, 3.05) is 39.4 Å². The van der Waals surface area contributed by atoms with Crippen molar-refractivity contribution in [1.82, 2.24) is 10.2 Å². The van der Waals surface area contributed by atoms with Crippen LogP contribution < -0.4 is 11.1 Å². The van der Waals surface area contributed by atoms with Crippen molar-refractivity contribution in [2.24, 2.45) is 11.7 Å². The standard InChI is InChI=1S/C12H23N3O2.2ClH/c13-11-2-1-10(9-11)12(16)14-3-4-15-5-7-17-8-6-15;;/h10-11H,1-9,13H2,(H,14,16);2*1H. The summed E-state index contributed by atoms with van der Waals surface area (Å²) in [5.74, 6) is 0.334. The Kier molecular flexibility index (Phi) is 9.74. The minimum Gasteiger partial charge on any atom is -0.379 e. The Labute approximate surface area is 127 Å². The zero-order chi connectivity index (χ0) is 12.1. The van der Waals surface area contributed by atoms with Gasteiger partial charge in [-0.1, -0.05) is 0 Å². The monoisotopic (exact) mass is 313 g/mol. The van der Waals surface area contributed by atoms with Crippen LogP contribution in [0.1, 0.15) is 19.3 Å². The van der Waals surface area contributed by atoms with E-state index < -0.39 is 0 Å². The second-order valence-electron chi connectivity index (χ2n) is 5.02. The predicted molar refractivity (Wildman–Crippen MR) is 80.1 cm³/mol. The van der Waals surface area contributed by atoms with Crippen LogP contribution in [0.25, 0.3) is 0 Å². The average molecular weight is 314 g/mol. The van der Waals surface area contributed by atoms with Gasteiger partial charge in [-0.2, -0.15) is 0 Å². The number of halogens is 2. The third-order valence-electron chi connectivity index (χ3n) is 3.67. The van der Waals surface area contributed by atoms with Crippen molar-refractivity contribution in [3.63, 3.8) is 0 Å². The van der Waals surface area contributed by atoms with Gasteiger partial charge < -0.3 is 15.8 Å². The largest absolute Gasteiger partial charge is 0.379 e. The first-order chi connectivity index (χ1) is 8.25. The molecule has 1 saturated carbocycles. The number of carbonyl (C=O) groups excluding carboxylic acids is 1. The molecule has 1 heterocycles. The first-order valence-electron chi connectivity index (χ1n) is 6.59. The van der Waals surface area contributed by atoms with Crippen LogP contribution in [0.2, 0.25) is 0 Å². The molecule has 2 unspecified atom stereocenters. The Morgan fingerprint density at radius 2 is 1.95 bits per heavy atom. The SMILES string of the molecule is Cl.Cl.NC1CCC(C(=O)NCCN2CCOCC2)C1. The van der Waals surface area contributed by atoms with Gasteiger partial charge >= 0.3 is 0 Å². The molecule has 5 nitrogen and oxygen atoms in total. The van der Waals surface area contributed by atoms with Gasteiger partial charge in [0.2, 0.25) is 5.91 Å². The summed E-state index contributed by atoms with van der Waals surface area (Å²) < 4.78 is 5.28. The van der Waals surface area contributed by atoms with Crippen LogP contribution in [0.4, 0.5) is 0 Å². The molecular weight excluding hydrogens is 289 g/mol. The summed E-state index contributed by atoms with van der Waals surface area (Å²) in [6.07, 6.45) is 2.79. The number of amides is 1. The third-order valence-corrected chi connectivity index (χ3v) is 3.67. The summed E-state index contributed by atoms with van der Waals surface area (Å²) in [5, 5.41) is 3.02. The molecule has 1 aliphatic heterocycles. The van der Waals surface area contributed by atoms with E-state index in [0.29, 0.717) is 0 Å². The molecule has 2 aliphatic rings. The molecule has 3 N–H and O–H groups in total. The van der Waals surface area contributed by atoms with Crippen molar-refractivity contribution in [1.29, 1.82) is 0 Å². The summed E-state index contributed by atoms with van der Waals surface area (Å²) in [7, 11) is 0. The second-order valence-corrected chi connectivity index (χ2v) is 5.02. The molecule has 19 heavy (non-hydrogen) atoms. The summed E-state index contributed by atoms with van der Waals surface area (Å²) in [4.78, 5) is 14.1. The maximum absolute atomic E-state index is 11.8. The number of morpholine rings is 1. The zero-order valence-electron chi connectivity index (χ0n) is 11.2. The summed E-state index contributed by atoms with van der Waals surface area (Å²) in [6, 6.07) is 0.227. The lowest BCUT2D eigenvalue weighted by molar-refractivity contribution is -0.124. The van der Waals surface area contributed by atoms with Gasteiger partial charge in [-0.25, -0.2) is 0 Å². The van der Waals surface area contributed by atoms with E-state index in [1.807, 2.05) is 0 Å². The summed E-state index contributed by atoms with van der Waals surface area (Å²) in [5.41, 5.74) is 5.81. The van der Waals surface area contributed by atoms with E-state index in [2.05, 4.69) is 10.2 Å². The van der Waals surface area contributed by atoms with Gasteiger partial charge in [-0.3, -0.25) is 9.69 Å². The number of nitrogens with zero attached hydrogens (tertiary/aromatic N) is 1. The van der Waals surface area contributed by atoms with E-state index in [1.54, 1.807) is 0 Å². The highest BCUT2D eigenvalue weighted by molar-refractivity contribution is 5.85. The van der Waals surface area contributed by atoms with Crippen molar-refractivity contribution < 1.29 is 9.53 Å². The lowest BCUT2D eigenvalue weighted by Gasteiger charge is -2.26. The molecule has 0 aromatic carbocycles. The molecule has 7 heteroatoms. The summed E-state index contributed by atoms with van der Waals surface area (Å²) >= 11 is 0. The molecule has 0 aromatic heterocycles. The number of nitrogens with two attached hydrogens (primary N) is 1. The molecule has 2 fully saturated rings. The van der Waals surface area contributed by atoms with E-state index in [9.17, 15) is 4.79 Å². The van der Waals surface area contributed by atoms with Crippen LogP contribution in [0, 0.1) is 5.92 Å². The fourth-order valence-electron chi connectivity index (χ4n) is 2.56. The van der Waals surface area contributed by atoms with E-state index in [1.165, 1.54) is 0 Å². The Morgan fingerprint density at radius 1 is 1.26 bits per heavy atom. The van der Waals surface area contributed by atoms with Crippen LogP contribution in [0.5, 0.6) is 0 Å². The van der Waals surface area contributed by atoms with Crippen molar-refractivity contribution >= 4 is 30.7 Å². The molecule has 0 aromatic rings. The van der Waals surface area contributed by atoms with Crippen molar-refractivity contribution in [2.45, 2.75) is 25.3 Å². The van der Waals surface area contributed by atoms with Crippen LogP contribution >= 0.6 is 24.8 Å². The highest BCUT2D eigenvalue weighted by Gasteiger charge is 2.27. The zero-order valence-corrected chi connectivity index (χ0v) is 12.8. The van der Waals surface area contributed by atoms with Gasteiger partial charge in [0.15, 0.2) is 0 Å². The molecule has 0 radical (unpaired) electrons. The topological polar surface area (TPSA) is 67.6 Å². The van der Waals surface area contributed by atoms with Crippen molar-refractivity contribution in [3.8, 4) is 0 Å². The van der Waals surface area contributed by atoms with Gasteiger partial charge in [0.1, 0.15) is 0 Å². The lowest BCUT2D eigenvalue weighted by Crippen LogP contribution is -2.42.